The minimum Gasteiger partial charge on any atom is -0.493 e. The van der Waals surface area contributed by atoms with E-state index in [9.17, 15) is 13.2 Å². The zero-order valence-electron chi connectivity index (χ0n) is 18.6. The van der Waals surface area contributed by atoms with Gasteiger partial charge >= 0.3 is 0 Å². The fourth-order valence-electron chi connectivity index (χ4n) is 3.78. The van der Waals surface area contributed by atoms with Crippen LogP contribution >= 0.6 is 0 Å². The Morgan fingerprint density at radius 2 is 1.68 bits per heavy atom. The second-order valence-electron chi connectivity index (χ2n) is 7.79. The zero-order valence-corrected chi connectivity index (χ0v) is 19.4. The van der Waals surface area contributed by atoms with Gasteiger partial charge in [0, 0.05) is 32.2 Å². The Morgan fingerprint density at radius 3 is 2.32 bits per heavy atom. The summed E-state index contributed by atoms with van der Waals surface area (Å²) in [5.74, 6) is 0.973. The lowest BCUT2D eigenvalue weighted by atomic mass is 10.1. The van der Waals surface area contributed by atoms with Gasteiger partial charge in [0.25, 0.3) is 5.91 Å². The van der Waals surface area contributed by atoms with Crippen molar-refractivity contribution in [2.75, 3.05) is 34.4 Å². The maximum atomic E-state index is 13.2. The summed E-state index contributed by atoms with van der Waals surface area (Å²) < 4.78 is 38.2. The van der Waals surface area contributed by atoms with Crippen LogP contribution in [0.25, 0.3) is 0 Å². The molecule has 1 saturated heterocycles. The summed E-state index contributed by atoms with van der Waals surface area (Å²) in [5, 5.41) is 0. The van der Waals surface area contributed by atoms with E-state index < -0.39 is 10.0 Å². The predicted octanol–water partition coefficient (Wildman–Crippen LogP) is 3.46. The Morgan fingerprint density at radius 1 is 1.00 bits per heavy atom. The van der Waals surface area contributed by atoms with Crippen LogP contribution in [0.3, 0.4) is 0 Å². The quantitative estimate of drug-likeness (QED) is 0.651. The van der Waals surface area contributed by atoms with Gasteiger partial charge in [-0.05, 0) is 55.2 Å². The van der Waals surface area contributed by atoms with E-state index in [1.807, 2.05) is 19.1 Å². The van der Waals surface area contributed by atoms with Crippen molar-refractivity contribution in [2.24, 2.45) is 0 Å². The SMILES string of the molecule is COc1ccc(CN(C)C(=O)c2cc(S(=O)(=O)N3CCCCC3)ccc2C)cc1OC. The van der Waals surface area contributed by atoms with Gasteiger partial charge in [-0.1, -0.05) is 18.6 Å². The number of nitrogens with zero attached hydrogens (tertiary/aromatic N) is 2. The Balaban J connectivity index is 1.83. The van der Waals surface area contributed by atoms with Crippen LogP contribution in [0.4, 0.5) is 0 Å². The number of rotatable bonds is 7. The van der Waals surface area contributed by atoms with Crippen LogP contribution in [-0.2, 0) is 16.6 Å². The molecule has 0 saturated carbocycles. The molecule has 2 aromatic carbocycles. The standard InChI is InChI=1S/C23H30N2O5S/c1-17-8-10-19(31(27,28)25-12-6-5-7-13-25)15-20(17)23(26)24(2)16-18-9-11-21(29-3)22(14-18)30-4/h8-11,14-15H,5-7,12-13,16H2,1-4H3. The van der Waals surface area contributed by atoms with E-state index in [1.54, 1.807) is 44.4 Å². The lowest BCUT2D eigenvalue weighted by Crippen LogP contribution is -2.35. The minimum absolute atomic E-state index is 0.169. The molecule has 0 aromatic heterocycles. The molecule has 0 spiro atoms. The first kappa shape index (κ1) is 23.1. The van der Waals surface area contributed by atoms with Crippen molar-refractivity contribution in [3.8, 4) is 11.5 Å². The summed E-state index contributed by atoms with van der Waals surface area (Å²) >= 11 is 0. The molecule has 0 radical (unpaired) electrons. The maximum absolute atomic E-state index is 13.2. The van der Waals surface area contributed by atoms with Crippen molar-refractivity contribution in [1.82, 2.24) is 9.21 Å². The molecule has 0 N–H and O–H groups in total. The van der Waals surface area contributed by atoms with Crippen molar-refractivity contribution in [1.29, 1.82) is 0 Å². The molecule has 0 bridgehead atoms. The highest BCUT2D eigenvalue weighted by atomic mass is 32.2. The van der Waals surface area contributed by atoms with Gasteiger partial charge in [-0.15, -0.1) is 0 Å². The summed E-state index contributed by atoms with van der Waals surface area (Å²) in [6, 6.07) is 10.3. The Bertz CT molecular complexity index is 1050. The van der Waals surface area contributed by atoms with Gasteiger partial charge in [-0.25, -0.2) is 8.42 Å². The first-order chi connectivity index (χ1) is 14.8. The van der Waals surface area contributed by atoms with Crippen LogP contribution in [0.1, 0.15) is 40.7 Å². The number of amides is 1. The second-order valence-corrected chi connectivity index (χ2v) is 9.73. The van der Waals surface area contributed by atoms with Crippen LogP contribution in [0.15, 0.2) is 41.3 Å². The van der Waals surface area contributed by atoms with Crippen molar-refractivity contribution < 1.29 is 22.7 Å². The number of methoxy groups -OCH3 is 2. The average Bonchev–Trinajstić information content (AvgIpc) is 2.79. The van der Waals surface area contributed by atoms with Crippen molar-refractivity contribution in [3.63, 3.8) is 0 Å². The summed E-state index contributed by atoms with van der Waals surface area (Å²) in [7, 11) is 1.23. The second kappa shape index (κ2) is 9.70. The topological polar surface area (TPSA) is 76.2 Å². The van der Waals surface area contributed by atoms with Gasteiger partial charge in [0.1, 0.15) is 0 Å². The Hall–Kier alpha value is -2.58. The Labute approximate surface area is 184 Å². The van der Waals surface area contributed by atoms with Gasteiger partial charge in [0.2, 0.25) is 10.0 Å². The van der Waals surface area contributed by atoms with Crippen LogP contribution < -0.4 is 9.47 Å². The summed E-state index contributed by atoms with van der Waals surface area (Å²) in [4.78, 5) is 14.9. The van der Waals surface area contributed by atoms with Gasteiger partial charge < -0.3 is 14.4 Å². The average molecular weight is 447 g/mol. The number of carbonyl (C=O) groups excluding carboxylic acids is 1. The molecule has 168 valence electrons. The molecule has 1 heterocycles. The molecule has 0 atom stereocenters. The van der Waals surface area contributed by atoms with Crippen molar-refractivity contribution in [2.45, 2.75) is 37.6 Å². The minimum atomic E-state index is -3.60. The first-order valence-corrected chi connectivity index (χ1v) is 11.8. The van der Waals surface area contributed by atoms with E-state index in [1.165, 1.54) is 10.4 Å². The first-order valence-electron chi connectivity index (χ1n) is 10.3. The monoisotopic (exact) mass is 446 g/mol. The predicted molar refractivity (Wildman–Crippen MR) is 119 cm³/mol. The van der Waals surface area contributed by atoms with Gasteiger partial charge in [-0.3, -0.25) is 4.79 Å². The number of hydrogen-bond acceptors (Lipinski definition) is 5. The smallest absolute Gasteiger partial charge is 0.254 e. The van der Waals surface area contributed by atoms with Crippen LogP contribution in [0.5, 0.6) is 11.5 Å². The van der Waals surface area contributed by atoms with Gasteiger partial charge in [0.15, 0.2) is 11.5 Å². The fourth-order valence-corrected chi connectivity index (χ4v) is 5.32. The number of carbonyl (C=O) groups is 1. The number of benzene rings is 2. The fraction of sp³-hybridized carbons (Fsp3) is 0.435. The van der Waals surface area contributed by atoms with E-state index in [2.05, 4.69) is 0 Å². The molecule has 7 nitrogen and oxygen atoms in total. The summed E-state index contributed by atoms with van der Waals surface area (Å²) in [5.41, 5.74) is 2.01. The highest BCUT2D eigenvalue weighted by molar-refractivity contribution is 7.89. The third kappa shape index (κ3) is 5.02. The van der Waals surface area contributed by atoms with E-state index in [-0.39, 0.29) is 10.8 Å². The highest BCUT2D eigenvalue weighted by Gasteiger charge is 2.27. The van der Waals surface area contributed by atoms with Crippen LogP contribution in [0, 0.1) is 6.92 Å². The molecular formula is C23H30N2O5S. The summed E-state index contributed by atoms with van der Waals surface area (Å²) in [6.07, 6.45) is 2.78. The number of ether oxygens (including phenoxy) is 2. The molecule has 0 aliphatic carbocycles. The van der Waals surface area contributed by atoms with E-state index in [0.717, 1.165) is 30.4 Å². The molecule has 1 aliphatic heterocycles. The van der Waals surface area contributed by atoms with Gasteiger partial charge in [-0.2, -0.15) is 4.31 Å². The van der Waals surface area contributed by atoms with E-state index >= 15 is 0 Å². The molecule has 31 heavy (non-hydrogen) atoms. The molecule has 1 aliphatic rings. The van der Waals surface area contributed by atoms with Crippen molar-refractivity contribution >= 4 is 15.9 Å². The maximum Gasteiger partial charge on any atom is 0.254 e. The lowest BCUT2D eigenvalue weighted by molar-refractivity contribution is 0.0784. The molecule has 2 aromatic rings. The van der Waals surface area contributed by atoms with E-state index in [4.69, 9.17) is 9.47 Å². The number of piperidine rings is 1. The molecular weight excluding hydrogens is 416 g/mol. The molecule has 8 heteroatoms. The normalized spacial score (nSPS) is 14.8. The molecule has 1 fully saturated rings. The highest BCUT2D eigenvalue weighted by Crippen LogP contribution is 2.28. The summed E-state index contributed by atoms with van der Waals surface area (Å²) in [6.45, 7) is 3.22. The third-order valence-corrected chi connectivity index (χ3v) is 7.50. The largest absolute Gasteiger partial charge is 0.493 e. The third-order valence-electron chi connectivity index (χ3n) is 5.61. The van der Waals surface area contributed by atoms with Crippen molar-refractivity contribution in [3.05, 3.63) is 53.1 Å². The van der Waals surface area contributed by atoms with Crippen LogP contribution in [0.2, 0.25) is 0 Å². The zero-order chi connectivity index (χ0) is 22.6. The van der Waals surface area contributed by atoms with Crippen LogP contribution in [-0.4, -0.2) is 57.9 Å². The number of hydrogen-bond donors (Lipinski definition) is 0. The number of sulfonamides is 1. The van der Waals surface area contributed by atoms with E-state index in [0.29, 0.717) is 36.7 Å². The molecule has 0 unspecified atom stereocenters. The Kier molecular flexibility index (Phi) is 7.23. The molecule has 1 amide bonds. The lowest BCUT2D eigenvalue weighted by Gasteiger charge is -2.26. The number of aryl methyl sites for hydroxylation is 1. The molecule has 3 rings (SSSR count). The van der Waals surface area contributed by atoms with Gasteiger partial charge in [0.05, 0.1) is 19.1 Å².